The lowest BCUT2D eigenvalue weighted by atomic mass is 9.96. The first-order chi connectivity index (χ1) is 9.22. The fraction of sp³-hybridized carbons (Fsp3) is 0.533. The van der Waals surface area contributed by atoms with Crippen molar-refractivity contribution in [2.75, 3.05) is 19.6 Å². The van der Waals surface area contributed by atoms with E-state index in [0.29, 0.717) is 0 Å². The van der Waals surface area contributed by atoms with Gasteiger partial charge in [0.2, 0.25) is 0 Å². The molecule has 0 aliphatic heterocycles. The highest BCUT2D eigenvalue weighted by Crippen LogP contribution is 2.50. The molecule has 0 amide bonds. The van der Waals surface area contributed by atoms with Crippen LogP contribution in [0.2, 0.25) is 5.02 Å². The second-order valence-electron chi connectivity index (χ2n) is 4.99. The molecule has 1 aromatic carbocycles. The molecule has 0 aromatic heterocycles. The number of aliphatic imine (C=N–C) groups is 1. The van der Waals surface area contributed by atoms with E-state index < -0.39 is 0 Å². The molecule has 1 aliphatic carbocycles. The predicted octanol–water partition coefficient (Wildman–Crippen LogP) is 3.56. The molecule has 1 fully saturated rings. The number of halogens is 2. The van der Waals surface area contributed by atoms with Gasteiger partial charge in [-0.1, -0.05) is 29.8 Å². The Labute approximate surface area is 143 Å². The summed E-state index contributed by atoms with van der Waals surface area (Å²) in [6, 6.07) is 8.13. The van der Waals surface area contributed by atoms with Gasteiger partial charge in [-0.15, -0.1) is 24.0 Å². The molecule has 1 saturated carbocycles. The zero-order valence-corrected chi connectivity index (χ0v) is 15.2. The number of guanidine groups is 1. The van der Waals surface area contributed by atoms with Crippen LogP contribution in [-0.4, -0.2) is 25.6 Å². The predicted molar refractivity (Wildman–Crippen MR) is 97.4 cm³/mol. The Morgan fingerprint density at radius 1 is 1.20 bits per heavy atom. The van der Waals surface area contributed by atoms with Crippen molar-refractivity contribution in [1.29, 1.82) is 0 Å². The molecule has 0 unspecified atom stereocenters. The highest BCUT2D eigenvalue weighted by atomic mass is 127. The fourth-order valence-corrected chi connectivity index (χ4v) is 2.63. The van der Waals surface area contributed by atoms with Crippen LogP contribution in [0.1, 0.15) is 32.3 Å². The van der Waals surface area contributed by atoms with Gasteiger partial charge in [0.15, 0.2) is 5.96 Å². The Bertz CT molecular complexity index is 450. The van der Waals surface area contributed by atoms with Gasteiger partial charge >= 0.3 is 0 Å². The maximum atomic E-state index is 6.31. The van der Waals surface area contributed by atoms with Crippen LogP contribution < -0.4 is 10.6 Å². The lowest BCUT2D eigenvalue weighted by Gasteiger charge is -2.16. The number of hydrogen-bond acceptors (Lipinski definition) is 1. The molecule has 3 nitrogen and oxygen atoms in total. The fourth-order valence-electron chi connectivity index (χ4n) is 2.29. The summed E-state index contributed by atoms with van der Waals surface area (Å²) in [6.45, 7) is 6.71. The molecular weight excluding hydrogens is 385 g/mol. The largest absolute Gasteiger partial charge is 0.357 e. The van der Waals surface area contributed by atoms with Crippen molar-refractivity contribution in [2.24, 2.45) is 4.99 Å². The second kappa shape index (κ2) is 8.08. The van der Waals surface area contributed by atoms with Crippen LogP contribution in [0.5, 0.6) is 0 Å². The lowest BCUT2D eigenvalue weighted by Crippen LogP contribution is -2.37. The van der Waals surface area contributed by atoms with Crippen LogP contribution in [0, 0.1) is 0 Å². The average Bonchev–Trinajstić information content (AvgIpc) is 3.18. The molecule has 0 saturated heterocycles. The zero-order valence-electron chi connectivity index (χ0n) is 12.1. The summed E-state index contributed by atoms with van der Waals surface area (Å²) in [5, 5.41) is 7.38. The van der Waals surface area contributed by atoms with Gasteiger partial charge in [0, 0.05) is 23.5 Å². The van der Waals surface area contributed by atoms with E-state index in [9.17, 15) is 0 Å². The Kier molecular flexibility index (Phi) is 7.09. The van der Waals surface area contributed by atoms with Crippen molar-refractivity contribution in [1.82, 2.24) is 10.6 Å². The minimum Gasteiger partial charge on any atom is -0.357 e. The van der Waals surface area contributed by atoms with Crippen molar-refractivity contribution in [2.45, 2.75) is 32.1 Å². The SMILES string of the molecule is CCNC(=NCC1(c2ccccc2Cl)CC1)NCC.I. The lowest BCUT2D eigenvalue weighted by molar-refractivity contribution is 0.695. The number of nitrogens with zero attached hydrogens (tertiary/aromatic N) is 1. The summed E-state index contributed by atoms with van der Waals surface area (Å²) in [5.41, 5.74) is 1.40. The van der Waals surface area contributed by atoms with Gasteiger partial charge in [-0.2, -0.15) is 0 Å². The van der Waals surface area contributed by atoms with Crippen LogP contribution in [-0.2, 0) is 5.41 Å². The van der Waals surface area contributed by atoms with E-state index in [-0.39, 0.29) is 29.4 Å². The Hall–Kier alpha value is -0.490. The van der Waals surface area contributed by atoms with Crippen LogP contribution in [0.4, 0.5) is 0 Å². The number of nitrogens with one attached hydrogen (secondary N) is 2. The van der Waals surface area contributed by atoms with Crippen LogP contribution >= 0.6 is 35.6 Å². The topological polar surface area (TPSA) is 36.4 Å². The Morgan fingerprint density at radius 2 is 1.80 bits per heavy atom. The summed E-state index contributed by atoms with van der Waals surface area (Å²) in [4.78, 5) is 4.69. The summed E-state index contributed by atoms with van der Waals surface area (Å²) in [7, 11) is 0. The molecule has 2 N–H and O–H groups in total. The van der Waals surface area contributed by atoms with E-state index in [1.807, 2.05) is 12.1 Å². The standard InChI is InChI=1S/C15H22ClN3.HI/c1-3-17-14(18-4-2)19-11-15(9-10-15)12-7-5-6-8-13(12)16;/h5-8H,3-4,9-11H2,1-2H3,(H2,17,18,19);1H. The molecule has 0 bridgehead atoms. The zero-order chi connectivity index (χ0) is 13.7. The maximum absolute atomic E-state index is 6.31. The second-order valence-corrected chi connectivity index (χ2v) is 5.39. The monoisotopic (exact) mass is 407 g/mol. The minimum absolute atomic E-state index is 0. The summed E-state index contributed by atoms with van der Waals surface area (Å²) >= 11 is 6.31. The summed E-state index contributed by atoms with van der Waals surface area (Å²) < 4.78 is 0. The molecule has 0 atom stereocenters. The number of benzene rings is 1. The van der Waals surface area contributed by atoms with Gasteiger partial charge in [0.05, 0.1) is 6.54 Å². The third-order valence-corrected chi connectivity index (χ3v) is 3.86. The molecule has 112 valence electrons. The van der Waals surface area contributed by atoms with Gasteiger partial charge in [-0.25, -0.2) is 0 Å². The smallest absolute Gasteiger partial charge is 0.191 e. The van der Waals surface area contributed by atoms with Gasteiger partial charge < -0.3 is 10.6 Å². The first-order valence-corrected chi connectivity index (χ1v) is 7.37. The summed E-state index contributed by atoms with van der Waals surface area (Å²) in [5.74, 6) is 0.892. The van der Waals surface area contributed by atoms with Crippen LogP contribution in [0.15, 0.2) is 29.3 Å². The first-order valence-electron chi connectivity index (χ1n) is 6.99. The van der Waals surface area contributed by atoms with Gasteiger partial charge in [-0.3, -0.25) is 4.99 Å². The minimum atomic E-state index is 0. The molecule has 1 aromatic rings. The number of rotatable bonds is 5. The molecule has 1 aliphatic rings. The third kappa shape index (κ3) is 4.25. The molecule has 0 spiro atoms. The first kappa shape index (κ1) is 17.6. The Morgan fingerprint density at radius 3 is 2.30 bits per heavy atom. The molecule has 5 heteroatoms. The molecule has 2 rings (SSSR count). The highest BCUT2D eigenvalue weighted by Gasteiger charge is 2.45. The van der Waals surface area contributed by atoms with Crippen molar-refractivity contribution in [3.8, 4) is 0 Å². The van der Waals surface area contributed by atoms with E-state index in [0.717, 1.165) is 30.6 Å². The number of hydrogen-bond donors (Lipinski definition) is 2. The normalized spacial score (nSPS) is 14.9. The van der Waals surface area contributed by atoms with Crippen LogP contribution in [0.3, 0.4) is 0 Å². The van der Waals surface area contributed by atoms with Crippen molar-refractivity contribution >= 4 is 41.5 Å². The molecule has 0 radical (unpaired) electrons. The third-order valence-electron chi connectivity index (χ3n) is 3.53. The Balaban J connectivity index is 0.00000200. The van der Waals surface area contributed by atoms with E-state index in [2.05, 4.69) is 36.6 Å². The van der Waals surface area contributed by atoms with Crippen molar-refractivity contribution < 1.29 is 0 Å². The van der Waals surface area contributed by atoms with Gasteiger partial charge in [0.25, 0.3) is 0 Å². The average molecular weight is 408 g/mol. The van der Waals surface area contributed by atoms with Crippen molar-refractivity contribution in [3.63, 3.8) is 0 Å². The van der Waals surface area contributed by atoms with E-state index in [1.54, 1.807) is 0 Å². The maximum Gasteiger partial charge on any atom is 0.191 e. The van der Waals surface area contributed by atoms with Crippen molar-refractivity contribution in [3.05, 3.63) is 34.9 Å². The van der Waals surface area contributed by atoms with E-state index in [4.69, 9.17) is 16.6 Å². The molecular formula is C15H23ClIN3. The highest BCUT2D eigenvalue weighted by molar-refractivity contribution is 14.0. The van der Waals surface area contributed by atoms with Crippen LogP contribution in [0.25, 0.3) is 0 Å². The summed E-state index contributed by atoms with van der Waals surface area (Å²) in [6.07, 6.45) is 2.34. The molecule has 20 heavy (non-hydrogen) atoms. The molecule has 0 heterocycles. The van der Waals surface area contributed by atoms with Gasteiger partial charge in [0.1, 0.15) is 0 Å². The van der Waals surface area contributed by atoms with E-state index >= 15 is 0 Å². The van der Waals surface area contributed by atoms with E-state index in [1.165, 1.54) is 18.4 Å². The van der Waals surface area contributed by atoms with Gasteiger partial charge in [-0.05, 0) is 38.3 Å². The quantitative estimate of drug-likeness (QED) is 0.445.